The Labute approximate surface area is 113 Å². The van der Waals surface area contributed by atoms with Gasteiger partial charge in [0.25, 0.3) is 5.69 Å². The first-order chi connectivity index (χ1) is 8.99. The first kappa shape index (κ1) is 13.6. The van der Waals surface area contributed by atoms with E-state index in [-0.39, 0.29) is 17.1 Å². The smallest absolute Gasteiger partial charge is 0.258 e. The Morgan fingerprint density at radius 1 is 1.32 bits per heavy atom. The minimum Gasteiger partial charge on any atom is -0.258 e. The molecule has 0 aliphatic rings. The molecule has 1 aromatic heterocycles. The van der Waals surface area contributed by atoms with Gasteiger partial charge in [0.2, 0.25) is 10.0 Å². The van der Waals surface area contributed by atoms with Crippen LogP contribution < -0.4 is 4.72 Å². The molecule has 0 bridgehead atoms. The van der Waals surface area contributed by atoms with Crippen molar-refractivity contribution < 1.29 is 13.3 Å². The van der Waals surface area contributed by atoms with E-state index in [2.05, 4.69) is 9.71 Å². The number of rotatable bonds is 5. The minimum atomic E-state index is -3.68. The molecule has 0 spiro atoms. The van der Waals surface area contributed by atoms with Crippen LogP contribution in [0.3, 0.4) is 0 Å². The molecule has 7 nitrogen and oxygen atoms in total. The lowest BCUT2D eigenvalue weighted by Crippen LogP contribution is -2.23. The summed E-state index contributed by atoms with van der Waals surface area (Å²) in [6.45, 7) is 0.0942. The Bertz CT molecular complexity index is 665. The van der Waals surface area contributed by atoms with Crippen LogP contribution in [0.25, 0.3) is 0 Å². The monoisotopic (exact) mass is 299 g/mol. The number of sulfonamides is 1. The molecule has 0 aliphatic heterocycles. The third kappa shape index (κ3) is 3.34. The fraction of sp³-hybridized carbons (Fsp3) is 0.100. The van der Waals surface area contributed by atoms with E-state index >= 15 is 0 Å². The van der Waals surface area contributed by atoms with Gasteiger partial charge in [-0.25, -0.2) is 18.1 Å². The van der Waals surface area contributed by atoms with Gasteiger partial charge in [-0.1, -0.05) is 0 Å². The number of nitrogens with zero attached hydrogens (tertiary/aromatic N) is 2. The van der Waals surface area contributed by atoms with E-state index in [0.717, 1.165) is 12.1 Å². The summed E-state index contributed by atoms with van der Waals surface area (Å²) < 4.78 is 26.2. The highest BCUT2D eigenvalue weighted by molar-refractivity contribution is 7.89. The molecule has 1 N–H and O–H groups in total. The van der Waals surface area contributed by atoms with Gasteiger partial charge in [0.1, 0.15) is 5.01 Å². The van der Waals surface area contributed by atoms with Gasteiger partial charge in [0.15, 0.2) is 0 Å². The van der Waals surface area contributed by atoms with E-state index in [9.17, 15) is 18.5 Å². The van der Waals surface area contributed by atoms with Crippen LogP contribution in [-0.4, -0.2) is 18.3 Å². The fourth-order valence-electron chi connectivity index (χ4n) is 1.33. The van der Waals surface area contributed by atoms with E-state index in [4.69, 9.17) is 0 Å². The van der Waals surface area contributed by atoms with Gasteiger partial charge < -0.3 is 0 Å². The molecular formula is C10H9N3O4S2. The Balaban J connectivity index is 2.13. The quantitative estimate of drug-likeness (QED) is 0.666. The summed E-state index contributed by atoms with van der Waals surface area (Å²) in [6.07, 6.45) is 1.58. The van der Waals surface area contributed by atoms with Crippen molar-refractivity contribution in [3.05, 3.63) is 51.0 Å². The average molecular weight is 299 g/mol. The maximum atomic E-state index is 11.9. The van der Waals surface area contributed by atoms with Crippen molar-refractivity contribution in [2.24, 2.45) is 0 Å². The lowest BCUT2D eigenvalue weighted by Gasteiger charge is -2.04. The van der Waals surface area contributed by atoms with Crippen LogP contribution >= 0.6 is 11.3 Å². The maximum Gasteiger partial charge on any atom is 0.269 e. The standard InChI is InChI=1S/C10H9N3O4S2/c14-13(15)8-1-3-9(4-2-8)19(16,17)12-7-10-11-5-6-18-10/h1-6,12H,7H2. The van der Waals surface area contributed by atoms with Gasteiger partial charge in [0.05, 0.1) is 16.4 Å². The number of nitro benzene ring substituents is 1. The second-order valence-corrected chi connectivity index (χ2v) is 6.25. The van der Waals surface area contributed by atoms with Crippen molar-refractivity contribution in [1.82, 2.24) is 9.71 Å². The lowest BCUT2D eigenvalue weighted by atomic mass is 10.3. The van der Waals surface area contributed by atoms with Crippen molar-refractivity contribution in [3.63, 3.8) is 0 Å². The summed E-state index contributed by atoms with van der Waals surface area (Å²) in [5.74, 6) is 0. The second-order valence-electron chi connectivity index (χ2n) is 3.50. The van der Waals surface area contributed by atoms with E-state index in [1.165, 1.54) is 23.5 Å². The highest BCUT2D eigenvalue weighted by atomic mass is 32.2. The summed E-state index contributed by atoms with van der Waals surface area (Å²) in [5.41, 5.74) is -0.154. The predicted molar refractivity (Wildman–Crippen MR) is 69.2 cm³/mol. The van der Waals surface area contributed by atoms with Crippen molar-refractivity contribution in [3.8, 4) is 0 Å². The first-order valence-electron chi connectivity index (χ1n) is 5.11. The van der Waals surface area contributed by atoms with Crippen LogP contribution in [-0.2, 0) is 16.6 Å². The number of hydrogen-bond acceptors (Lipinski definition) is 6. The minimum absolute atomic E-state index is 0.0188. The third-order valence-electron chi connectivity index (χ3n) is 2.25. The highest BCUT2D eigenvalue weighted by Gasteiger charge is 2.15. The number of nitrogens with one attached hydrogen (secondary N) is 1. The maximum absolute atomic E-state index is 11.9. The van der Waals surface area contributed by atoms with Crippen LogP contribution in [0.2, 0.25) is 0 Å². The van der Waals surface area contributed by atoms with E-state index in [0.29, 0.717) is 5.01 Å². The number of non-ortho nitro benzene ring substituents is 1. The molecule has 0 fully saturated rings. The number of thiazole rings is 1. The molecule has 2 rings (SSSR count). The summed E-state index contributed by atoms with van der Waals surface area (Å²) in [4.78, 5) is 13.8. The molecule has 19 heavy (non-hydrogen) atoms. The molecule has 0 saturated heterocycles. The Kier molecular flexibility index (Phi) is 3.88. The van der Waals surface area contributed by atoms with Gasteiger partial charge in [-0.05, 0) is 12.1 Å². The largest absolute Gasteiger partial charge is 0.269 e. The molecule has 0 saturated carbocycles. The van der Waals surface area contributed by atoms with Gasteiger partial charge in [-0.3, -0.25) is 10.1 Å². The molecule has 9 heteroatoms. The normalized spacial score (nSPS) is 11.4. The number of benzene rings is 1. The van der Waals surface area contributed by atoms with Crippen molar-refractivity contribution in [2.45, 2.75) is 11.4 Å². The van der Waals surface area contributed by atoms with Crippen molar-refractivity contribution in [2.75, 3.05) is 0 Å². The van der Waals surface area contributed by atoms with E-state index in [1.54, 1.807) is 11.6 Å². The SMILES string of the molecule is O=[N+]([O-])c1ccc(S(=O)(=O)NCc2nccs2)cc1. The summed E-state index contributed by atoms with van der Waals surface area (Å²) >= 11 is 1.34. The van der Waals surface area contributed by atoms with Crippen LogP contribution in [0.4, 0.5) is 5.69 Å². The predicted octanol–water partition coefficient (Wildman–Crippen LogP) is 1.53. The molecule has 2 aromatic rings. The molecule has 0 atom stereocenters. The summed E-state index contributed by atoms with van der Waals surface area (Å²) in [5, 5.41) is 12.9. The lowest BCUT2D eigenvalue weighted by molar-refractivity contribution is -0.384. The zero-order valence-electron chi connectivity index (χ0n) is 9.52. The fourth-order valence-corrected chi connectivity index (χ4v) is 2.96. The van der Waals surface area contributed by atoms with Crippen molar-refractivity contribution >= 4 is 27.0 Å². The number of aromatic nitrogens is 1. The van der Waals surface area contributed by atoms with Gasteiger partial charge in [-0.15, -0.1) is 11.3 Å². The number of hydrogen-bond donors (Lipinski definition) is 1. The third-order valence-corrected chi connectivity index (χ3v) is 4.45. The molecule has 0 aliphatic carbocycles. The van der Waals surface area contributed by atoms with Crippen LogP contribution in [0, 0.1) is 10.1 Å². The summed E-state index contributed by atoms with van der Waals surface area (Å²) in [6, 6.07) is 4.69. The van der Waals surface area contributed by atoms with Gasteiger partial charge >= 0.3 is 0 Å². The number of nitro groups is 1. The van der Waals surface area contributed by atoms with Crippen LogP contribution in [0.15, 0.2) is 40.7 Å². The van der Waals surface area contributed by atoms with E-state index < -0.39 is 14.9 Å². The van der Waals surface area contributed by atoms with Crippen molar-refractivity contribution in [1.29, 1.82) is 0 Å². The topological polar surface area (TPSA) is 102 Å². The Morgan fingerprint density at radius 3 is 2.53 bits per heavy atom. The molecule has 0 amide bonds. The molecule has 1 aromatic carbocycles. The second kappa shape index (κ2) is 5.43. The zero-order valence-corrected chi connectivity index (χ0v) is 11.1. The summed E-state index contributed by atoms with van der Waals surface area (Å²) in [7, 11) is -3.68. The molecule has 0 radical (unpaired) electrons. The molecule has 0 unspecified atom stereocenters. The Hall–Kier alpha value is -1.84. The first-order valence-corrected chi connectivity index (χ1v) is 7.48. The molecule has 1 heterocycles. The van der Waals surface area contributed by atoms with E-state index in [1.807, 2.05) is 0 Å². The highest BCUT2D eigenvalue weighted by Crippen LogP contribution is 2.16. The average Bonchev–Trinajstić information content (AvgIpc) is 2.90. The van der Waals surface area contributed by atoms with Crippen LogP contribution in [0.5, 0.6) is 0 Å². The molecular weight excluding hydrogens is 290 g/mol. The van der Waals surface area contributed by atoms with Gasteiger partial charge in [-0.2, -0.15) is 0 Å². The Morgan fingerprint density at radius 2 is 2.00 bits per heavy atom. The van der Waals surface area contributed by atoms with Crippen LogP contribution in [0.1, 0.15) is 5.01 Å². The van der Waals surface area contributed by atoms with Gasteiger partial charge in [0, 0.05) is 23.7 Å². The molecule has 100 valence electrons. The zero-order chi connectivity index (χ0) is 13.9.